The number of rotatable bonds is 9. The molecule has 5 rings (SSSR count). The average molecular weight is 634 g/mol. The van der Waals surface area contributed by atoms with Gasteiger partial charge in [0, 0.05) is 17.0 Å². The SMILES string of the molecule is C/C(=C\c1ccc(O[C@H]2C[C@H](O)[C@@H](/C(C)=C/COc3cccc(Cl)c3)O2)c(O)c1)C(=O)N[C@@H]1[C@H](O)[C@@H](O)[C@H]2OCO[C@H]2[C@@H]1O. The number of aromatic hydroxyl groups is 1. The van der Waals surface area contributed by atoms with Crippen molar-refractivity contribution in [3.05, 3.63) is 70.3 Å². The van der Waals surface area contributed by atoms with Gasteiger partial charge in [-0.15, -0.1) is 0 Å². The van der Waals surface area contributed by atoms with E-state index in [0.29, 0.717) is 16.3 Å². The normalized spacial score (nSPS) is 32.3. The van der Waals surface area contributed by atoms with Crippen LogP contribution in [0.25, 0.3) is 6.08 Å². The Bertz CT molecular complexity index is 1400. The van der Waals surface area contributed by atoms with E-state index in [4.69, 9.17) is 35.3 Å². The Morgan fingerprint density at radius 3 is 2.52 bits per heavy atom. The van der Waals surface area contributed by atoms with Crippen molar-refractivity contribution >= 4 is 23.6 Å². The maximum absolute atomic E-state index is 12.9. The molecule has 2 aromatic rings. The highest BCUT2D eigenvalue weighted by Gasteiger charge is 2.53. The molecule has 13 heteroatoms. The van der Waals surface area contributed by atoms with Crippen LogP contribution in [0, 0.1) is 0 Å². The van der Waals surface area contributed by atoms with Crippen molar-refractivity contribution in [2.75, 3.05) is 13.4 Å². The number of aliphatic hydroxyl groups is 4. The van der Waals surface area contributed by atoms with E-state index in [9.17, 15) is 30.3 Å². The fourth-order valence-corrected chi connectivity index (χ4v) is 5.64. The van der Waals surface area contributed by atoms with Gasteiger partial charge in [0.1, 0.15) is 55.8 Å². The lowest BCUT2D eigenvalue weighted by atomic mass is 9.83. The van der Waals surface area contributed by atoms with Gasteiger partial charge in [-0.05, 0) is 67.5 Å². The first-order valence-corrected chi connectivity index (χ1v) is 14.5. The Hall–Kier alpha value is -3.20. The Labute approximate surface area is 259 Å². The number of halogens is 1. The monoisotopic (exact) mass is 633 g/mol. The van der Waals surface area contributed by atoms with Gasteiger partial charge in [-0.1, -0.05) is 23.7 Å². The molecular weight excluding hydrogens is 598 g/mol. The molecular formula is C31H36ClNO11. The third-order valence-electron chi connectivity index (χ3n) is 7.87. The standard InChI is InChI=1S/C31H36ClNO11/c1-15(8-9-40-19-5-3-4-18(32)12-19)28-21(35)13-23(44-28)43-22-7-6-17(11-20(22)34)10-16(2)31(39)33-24-25(36)27(38)30-29(26(24)37)41-14-42-30/h3-8,10-12,21,23-30,34-38H,9,13-14H2,1-2H3,(H,33,39)/b15-8+,16-10+/t21-,23+,24+,25-,26+,27+,28+,29-,30+/m0/s1. The number of phenols is 1. The minimum atomic E-state index is -1.47. The Kier molecular flexibility index (Phi) is 10.1. The van der Waals surface area contributed by atoms with Gasteiger partial charge in [-0.25, -0.2) is 0 Å². The zero-order valence-corrected chi connectivity index (χ0v) is 24.8. The van der Waals surface area contributed by atoms with Crippen LogP contribution >= 0.6 is 11.6 Å². The summed E-state index contributed by atoms with van der Waals surface area (Å²) in [5, 5.41) is 55.6. The number of benzene rings is 2. The molecule has 2 saturated heterocycles. The maximum atomic E-state index is 12.9. The lowest BCUT2D eigenvalue weighted by Gasteiger charge is -2.41. The quantitative estimate of drug-likeness (QED) is 0.175. The zero-order chi connectivity index (χ0) is 31.5. The summed E-state index contributed by atoms with van der Waals surface area (Å²) in [5.41, 5.74) is 1.45. The van der Waals surface area contributed by atoms with Crippen molar-refractivity contribution in [2.45, 2.75) is 75.3 Å². The third-order valence-corrected chi connectivity index (χ3v) is 8.10. The van der Waals surface area contributed by atoms with E-state index in [1.165, 1.54) is 25.1 Å². The molecule has 3 fully saturated rings. The van der Waals surface area contributed by atoms with Crippen LogP contribution in [0.3, 0.4) is 0 Å². The van der Waals surface area contributed by atoms with Crippen LogP contribution in [0.15, 0.2) is 59.7 Å². The molecule has 2 aliphatic heterocycles. The second-order valence-electron chi connectivity index (χ2n) is 11.0. The van der Waals surface area contributed by atoms with Gasteiger partial charge in [0.2, 0.25) is 12.2 Å². The summed E-state index contributed by atoms with van der Waals surface area (Å²) in [6.07, 6.45) is -4.67. The second-order valence-corrected chi connectivity index (χ2v) is 11.5. The van der Waals surface area contributed by atoms with Gasteiger partial charge in [0.25, 0.3) is 0 Å². The molecule has 12 nitrogen and oxygen atoms in total. The van der Waals surface area contributed by atoms with E-state index in [1.807, 2.05) is 6.92 Å². The first kappa shape index (κ1) is 32.2. The molecule has 0 aromatic heterocycles. The van der Waals surface area contributed by atoms with E-state index in [0.717, 1.165) is 5.57 Å². The number of fused-ring (bicyclic) bond motifs is 1. The second kappa shape index (κ2) is 13.8. The number of hydrogen-bond acceptors (Lipinski definition) is 11. The number of carbonyl (C=O) groups excluding carboxylic acids is 1. The van der Waals surface area contributed by atoms with Gasteiger partial charge in [0.15, 0.2) is 11.5 Å². The fourth-order valence-electron chi connectivity index (χ4n) is 5.46. The van der Waals surface area contributed by atoms with Crippen molar-refractivity contribution in [1.82, 2.24) is 5.32 Å². The number of carbonyl (C=O) groups is 1. The van der Waals surface area contributed by atoms with E-state index in [-0.39, 0.29) is 36.9 Å². The van der Waals surface area contributed by atoms with E-state index in [1.54, 1.807) is 36.4 Å². The molecule has 9 atom stereocenters. The number of nitrogens with one attached hydrogen (secondary N) is 1. The number of ether oxygens (including phenoxy) is 5. The highest BCUT2D eigenvalue weighted by Crippen LogP contribution is 2.34. The van der Waals surface area contributed by atoms with Gasteiger partial charge in [-0.2, -0.15) is 0 Å². The maximum Gasteiger partial charge on any atom is 0.247 e. The molecule has 2 heterocycles. The van der Waals surface area contributed by atoms with Crippen LogP contribution in [-0.2, 0) is 19.0 Å². The summed E-state index contributed by atoms with van der Waals surface area (Å²) in [7, 11) is 0. The van der Waals surface area contributed by atoms with E-state index < -0.39 is 61.0 Å². The topological polar surface area (TPSA) is 176 Å². The van der Waals surface area contributed by atoms with Crippen LogP contribution in [0.4, 0.5) is 0 Å². The van der Waals surface area contributed by atoms with Crippen LogP contribution in [0.1, 0.15) is 25.8 Å². The highest BCUT2D eigenvalue weighted by atomic mass is 35.5. The predicted molar refractivity (Wildman–Crippen MR) is 157 cm³/mol. The predicted octanol–water partition coefficient (Wildman–Crippen LogP) is 1.65. The molecule has 44 heavy (non-hydrogen) atoms. The molecule has 1 amide bonds. The smallest absolute Gasteiger partial charge is 0.247 e. The molecule has 3 aliphatic rings. The molecule has 2 aromatic carbocycles. The summed E-state index contributed by atoms with van der Waals surface area (Å²) in [6.45, 7) is 3.47. The Morgan fingerprint density at radius 1 is 1.05 bits per heavy atom. The van der Waals surface area contributed by atoms with Gasteiger partial charge in [0.05, 0.1) is 12.1 Å². The van der Waals surface area contributed by atoms with Crippen molar-refractivity contribution in [2.24, 2.45) is 0 Å². The van der Waals surface area contributed by atoms with Crippen LogP contribution in [0.2, 0.25) is 5.02 Å². The number of hydrogen-bond donors (Lipinski definition) is 6. The first-order chi connectivity index (χ1) is 21.0. The zero-order valence-electron chi connectivity index (χ0n) is 24.1. The molecule has 0 radical (unpaired) electrons. The van der Waals surface area contributed by atoms with Crippen molar-refractivity contribution in [1.29, 1.82) is 0 Å². The number of amides is 1. The van der Waals surface area contributed by atoms with Crippen molar-refractivity contribution < 1.29 is 54.0 Å². The molecule has 0 spiro atoms. The van der Waals surface area contributed by atoms with Gasteiger partial charge >= 0.3 is 0 Å². The van der Waals surface area contributed by atoms with E-state index >= 15 is 0 Å². The summed E-state index contributed by atoms with van der Waals surface area (Å²) in [6, 6.07) is 10.4. The van der Waals surface area contributed by atoms with Crippen molar-refractivity contribution in [3.63, 3.8) is 0 Å². The molecule has 0 unspecified atom stereocenters. The average Bonchev–Trinajstić information content (AvgIpc) is 3.62. The Balaban J connectivity index is 1.15. The van der Waals surface area contributed by atoms with E-state index in [2.05, 4.69) is 5.32 Å². The largest absolute Gasteiger partial charge is 0.504 e. The van der Waals surface area contributed by atoms with Crippen LogP contribution < -0.4 is 14.8 Å². The molecule has 1 saturated carbocycles. The first-order valence-electron chi connectivity index (χ1n) is 14.2. The van der Waals surface area contributed by atoms with Crippen molar-refractivity contribution in [3.8, 4) is 17.2 Å². The summed E-state index contributed by atoms with van der Waals surface area (Å²) >= 11 is 5.98. The van der Waals surface area contributed by atoms with Gasteiger partial charge in [-0.3, -0.25) is 4.79 Å². The number of aliphatic hydroxyl groups excluding tert-OH is 4. The fraction of sp³-hybridized carbons (Fsp3) is 0.452. The van der Waals surface area contributed by atoms with Crippen LogP contribution in [-0.4, -0.2) is 99.9 Å². The summed E-state index contributed by atoms with van der Waals surface area (Å²) in [5.74, 6) is -0.0574. The molecule has 238 valence electrons. The lowest BCUT2D eigenvalue weighted by Crippen LogP contribution is -2.67. The molecule has 1 aliphatic carbocycles. The third kappa shape index (κ3) is 7.19. The lowest BCUT2D eigenvalue weighted by molar-refractivity contribution is -0.155. The number of phenolic OH excluding ortho intramolecular Hbond substituents is 1. The molecule has 0 bridgehead atoms. The molecule has 6 N–H and O–H groups in total. The highest BCUT2D eigenvalue weighted by molar-refractivity contribution is 6.30. The summed E-state index contributed by atoms with van der Waals surface area (Å²) < 4.78 is 27.9. The van der Waals surface area contributed by atoms with Gasteiger partial charge < -0.3 is 54.5 Å². The minimum absolute atomic E-state index is 0.129. The van der Waals surface area contributed by atoms with Crippen LogP contribution in [0.5, 0.6) is 17.2 Å². The minimum Gasteiger partial charge on any atom is -0.504 e. The summed E-state index contributed by atoms with van der Waals surface area (Å²) in [4.78, 5) is 12.9. The Morgan fingerprint density at radius 2 is 1.80 bits per heavy atom.